The Balaban J connectivity index is 1.88. The van der Waals surface area contributed by atoms with Crippen LogP contribution in [0, 0.1) is 6.92 Å². The van der Waals surface area contributed by atoms with E-state index >= 15 is 0 Å². The maximum atomic E-state index is 5.19. The van der Waals surface area contributed by atoms with Gasteiger partial charge in [0.05, 0.1) is 6.54 Å². The minimum atomic E-state index is 0.525. The Morgan fingerprint density at radius 3 is 3.00 bits per heavy atom. The van der Waals surface area contributed by atoms with Gasteiger partial charge < -0.3 is 5.32 Å². The van der Waals surface area contributed by atoms with E-state index < -0.39 is 0 Å². The van der Waals surface area contributed by atoms with Gasteiger partial charge in [-0.05, 0) is 31.1 Å². The number of anilines is 1. The van der Waals surface area contributed by atoms with E-state index in [2.05, 4.69) is 52.8 Å². The zero-order chi connectivity index (χ0) is 15.1. The number of unbranched alkanes of at least 4 members (excludes halogenated alkanes) is 1. The second kappa shape index (κ2) is 7.73. The van der Waals surface area contributed by atoms with Crippen molar-refractivity contribution in [1.82, 2.24) is 20.1 Å². The molecule has 0 aliphatic rings. The summed E-state index contributed by atoms with van der Waals surface area (Å²) in [4.78, 5) is 4.22. The molecule has 1 aromatic carbocycles. The molecule has 21 heavy (non-hydrogen) atoms. The van der Waals surface area contributed by atoms with Gasteiger partial charge in [-0.1, -0.05) is 43.2 Å². The van der Waals surface area contributed by atoms with Crippen LogP contribution in [0.4, 0.5) is 5.95 Å². The second-order valence-electron chi connectivity index (χ2n) is 4.99. The van der Waals surface area contributed by atoms with Crippen LogP contribution in [-0.4, -0.2) is 26.4 Å². The van der Waals surface area contributed by atoms with E-state index in [4.69, 9.17) is 12.2 Å². The average molecular weight is 303 g/mol. The Morgan fingerprint density at radius 1 is 1.38 bits per heavy atom. The van der Waals surface area contributed by atoms with E-state index in [-0.39, 0.29) is 0 Å². The molecule has 0 atom stereocenters. The number of hydrogen-bond acceptors (Lipinski definition) is 3. The predicted molar refractivity (Wildman–Crippen MR) is 89.4 cm³/mol. The minimum Gasteiger partial charge on any atom is -0.362 e. The van der Waals surface area contributed by atoms with Crippen LogP contribution in [0.15, 0.2) is 30.6 Å². The Bertz CT molecular complexity index is 593. The van der Waals surface area contributed by atoms with Crippen molar-refractivity contribution in [3.8, 4) is 0 Å². The Hall–Kier alpha value is -1.95. The number of nitrogens with zero attached hydrogens (tertiary/aromatic N) is 3. The molecule has 112 valence electrons. The molecule has 0 amide bonds. The lowest BCUT2D eigenvalue weighted by molar-refractivity contribution is 0.686. The number of thiocarbonyl (C=S) groups is 1. The monoisotopic (exact) mass is 303 g/mol. The maximum Gasteiger partial charge on any atom is 0.248 e. The summed E-state index contributed by atoms with van der Waals surface area (Å²) in [6, 6.07) is 8.36. The maximum absolute atomic E-state index is 5.19. The van der Waals surface area contributed by atoms with Gasteiger partial charge in [-0.2, -0.15) is 0 Å². The SMILES string of the molecule is CCCCNC(=S)Nc1ncn(Cc2cccc(C)c2)n1. The normalized spacial score (nSPS) is 10.4. The van der Waals surface area contributed by atoms with Gasteiger partial charge in [0.2, 0.25) is 5.95 Å². The molecule has 2 rings (SSSR count). The van der Waals surface area contributed by atoms with E-state index in [9.17, 15) is 0 Å². The largest absolute Gasteiger partial charge is 0.362 e. The molecular formula is C15H21N5S. The fourth-order valence-electron chi connectivity index (χ4n) is 1.95. The standard InChI is InChI=1S/C15H21N5S/c1-3-4-8-16-15(21)18-14-17-11-20(19-14)10-13-7-5-6-12(2)9-13/h5-7,9,11H,3-4,8,10H2,1-2H3,(H2,16,18,19,21). The van der Waals surface area contributed by atoms with Gasteiger partial charge in [0.1, 0.15) is 6.33 Å². The number of nitrogens with one attached hydrogen (secondary N) is 2. The number of aromatic nitrogens is 3. The summed E-state index contributed by atoms with van der Waals surface area (Å²) < 4.78 is 1.80. The van der Waals surface area contributed by atoms with E-state index in [0.29, 0.717) is 17.6 Å². The summed E-state index contributed by atoms with van der Waals surface area (Å²) in [5, 5.41) is 11.1. The van der Waals surface area contributed by atoms with Gasteiger partial charge in [-0.15, -0.1) is 5.10 Å². The van der Waals surface area contributed by atoms with Gasteiger partial charge >= 0.3 is 0 Å². The first-order valence-corrected chi connectivity index (χ1v) is 7.58. The van der Waals surface area contributed by atoms with Gasteiger partial charge in [0.15, 0.2) is 5.11 Å². The quantitative estimate of drug-likeness (QED) is 0.635. The first-order valence-electron chi connectivity index (χ1n) is 7.17. The van der Waals surface area contributed by atoms with Crippen LogP contribution in [0.3, 0.4) is 0 Å². The molecular weight excluding hydrogens is 282 g/mol. The molecule has 0 saturated carbocycles. The molecule has 0 aliphatic carbocycles. The van der Waals surface area contributed by atoms with Crippen molar-refractivity contribution >= 4 is 23.3 Å². The number of aryl methyl sites for hydroxylation is 1. The molecule has 1 aromatic heterocycles. The minimum absolute atomic E-state index is 0.525. The van der Waals surface area contributed by atoms with E-state index in [1.807, 2.05) is 6.07 Å². The Labute approximate surface area is 130 Å². The number of benzene rings is 1. The number of hydrogen-bond donors (Lipinski definition) is 2. The van der Waals surface area contributed by atoms with Crippen LogP contribution in [0.2, 0.25) is 0 Å². The van der Waals surface area contributed by atoms with Crippen molar-refractivity contribution in [3.63, 3.8) is 0 Å². The highest BCUT2D eigenvalue weighted by Gasteiger charge is 2.03. The third-order valence-corrected chi connectivity index (χ3v) is 3.25. The van der Waals surface area contributed by atoms with E-state index in [0.717, 1.165) is 19.4 Å². The molecule has 0 bridgehead atoms. The zero-order valence-corrected chi connectivity index (χ0v) is 13.3. The molecule has 1 heterocycles. The third kappa shape index (κ3) is 5.15. The summed E-state index contributed by atoms with van der Waals surface area (Å²) in [7, 11) is 0. The topological polar surface area (TPSA) is 54.8 Å². The fraction of sp³-hybridized carbons (Fsp3) is 0.400. The molecule has 0 fully saturated rings. The average Bonchev–Trinajstić information content (AvgIpc) is 2.86. The van der Waals surface area contributed by atoms with Crippen LogP contribution in [0.5, 0.6) is 0 Å². The van der Waals surface area contributed by atoms with Crippen molar-refractivity contribution in [3.05, 3.63) is 41.7 Å². The molecule has 0 aliphatic heterocycles. The number of rotatable bonds is 6. The lowest BCUT2D eigenvalue weighted by Gasteiger charge is -2.06. The summed E-state index contributed by atoms with van der Waals surface area (Å²) >= 11 is 5.19. The molecule has 6 heteroatoms. The Morgan fingerprint density at radius 2 is 2.24 bits per heavy atom. The lowest BCUT2D eigenvalue weighted by Crippen LogP contribution is -2.29. The molecule has 0 saturated heterocycles. The summed E-state index contributed by atoms with van der Waals surface area (Å²) in [5.74, 6) is 0.525. The van der Waals surface area contributed by atoms with Crippen molar-refractivity contribution in [2.45, 2.75) is 33.2 Å². The van der Waals surface area contributed by atoms with Crippen LogP contribution in [0.1, 0.15) is 30.9 Å². The van der Waals surface area contributed by atoms with Crippen molar-refractivity contribution in [2.75, 3.05) is 11.9 Å². The highest BCUT2D eigenvalue weighted by Crippen LogP contribution is 2.06. The third-order valence-electron chi connectivity index (χ3n) is 3.00. The first kappa shape index (κ1) is 15.4. The molecule has 0 radical (unpaired) electrons. The van der Waals surface area contributed by atoms with Crippen molar-refractivity contribution in [1.29, 1.82) is 0 Å². The van der Waals surface area contributed by atoms with E-state index in [1.165, 1.54) is 11.1 Å². The van der Waals surface area contributed by atoms with Gasteiger partial charge in [0.25, 0.3) is 0 Å². The van der Waals surface area contributed by atoms with Crippen molar-refractivity contribution in [2.24, 2.45) is 0 Å². The Kier molecular flexibility index (Phi) is 5.68. The molecule has 2 N–H and O–H groups in total. The summed E-state index contributed by atoms with van der Waals surface area (Å²) in [6.45, 7) is 5.80. The van der Waals surface area contributed by atoms with Crippen LogP contribution >= 0.6 is 12.2 Å². The molecule has 0 spiro atoms. The molecule has 0 unspecified atom stereocenters. The smallest absolute Gasteiger partial charge is 0.248 e. The summed E-state index contributed by atoms with van der Waals surface area (Å²) in [5.41, 5.74) is 2.45. The predicted octanol–water partition coefficient (Wildman–Crippen LogP) is 2.72. The van der Waals surface area contributed by atoms with Crippen LogP contribution in [0.25, 0.3) is 0 Å². The van der Waals surface area contributed by atoms with E-state index in [1.54, 1.807) is 11.0 Å². The van der Waals surface area contributed by atoms with Crippen LogP contribution < -0.4 is 10.6 Å². The molecule has 5 nitrogen and oxygen atoms in total. The molecule has 2 aromatic rings. The van der Waals surface area contributed by atoms with Gasteiger partial charge in [0, 0.05) is 6.54 Å². The van der Waals surface area contributed by atoms with Gasteiger partial charge in [-0.25, -0.2) is 9.67 Å². The highest BCUT2D eigenvalue weighted by molar-refractivity contribution is 7.80. The first-order chi connectivity index (χ1) is 10.2. The summed E-state index contributed by atoms with van der Waals surface area (Å²) in [6.07, 6.45) is 3.94. The van der Waals surface area contributed by atoms with Gasteiger partial charge in [-0.3, -0.25) is 5.32 Å². The van der Waals surface area contributed by atoms with Crippen molar-refractivity contribution < 1.29 is 0 Å². The second-order valence-corrected chi connectivity index (χ2v) is 5.40. The van der Waals surface area contributed by atoms with Crippen LogP contribution in [-0.2, 0) is 6.54 Å². The zero-order valence-electron chi connectivity index (χ0n) is 12.5. The highest BCUT2D eigenvalue weighted by atomic mass is 32.1. The lowest BCUT2D eigenvalue weighted by atomic mass is 10.1. The fourth-order valence-corrected chi connectivity index (χ4v) is 2.14.